The average molecular weight is 651 g/mol. The fourth-order valence-electron chi connectivity index (χ4n) is 3.78. The first-order chi connectivity index (χ1) is 21.9. The largest absolute Gasteiger partial charge is 0.504 e. The summed E-state index contributed by atoms with van der Waals surface area (Å²) in [4.78, 5) is 61.8. The number of carbonyl (C=O) groups is 5. The number of carbonyl (C=O) groups excluding carboxylic acids is 5. The van der Waals surface area contributed by atoms with Crippen LogP contribution in [0.5, 0.6) is 23.0 Å². The molecule has 0 bridgehead atoms. The van der Waals surface area contributed by atoms with Gasteiger partial charge in [0.1, 0.15) is 24.3 Å². The zero-order valence-corrected chi connectivity index (χ0v) is 25.3. The van der Waals surface area contributed by atoms with Crippen LogP contribution in [0.1, 0.15) is 52.8 Å². The molecule has 0 saturated carbocycles. The highest BCUT2D eigenvalue weighted by molar-refractivity contribution is 5.93. The summed E-state index contributed by atoms with van der Waals surface area (Å²) in [6, 6.07) is 7.70. The maximum atomic E-state index is 12.1. The number of ether oxygens (including phenoxy) is 4. The minimum Gasteiger partial charge on any atom is -0.504 e. The number of para-hydroxylation sites is 2. The zero-order chi connectivity index (χ0) is 34.1. The van der Waals surface area contributed by atoms with Crippen LogP contribution >= 0.6 is 0 Å². The fourth-order valence-corrected chi connectivity index (χ4v) is 3.78. The molecule has 0 heterocycles. The summed E-state index contributed by atoms with van der Waals surface area (Å²) in [5.41, 5.74) is -0.430. The molecule has 0 spiro atoms. The van der Waals surface area contributed by atoms with Crippen LogP contribution in [0, 0.1) is 0 Å². The lowest BCUT2D eigenvalue weighted by atomic mass is 10.2. The highest BCUT2D eigenvalue weighted by Crippen LogP contribution is 2.29. The normalized spacial score (nSPS) is 10.7. The molecule has 0 radical (unpaired) electrons. The van der Waals surface area contributed by atoms with Crippen molar-refractivity contribution in [3.05, 3.63) is 47.5 Å². The maximum absolute atomic E-state index is 12.1. The summed E-state index contributed by atoms with van der Waals surface area (Å²) in [6.45, 7) is 0.112. The van der Waals surface area contributed by atoms with E-state index in [4.69, 9.17) is 18.9 Å². The van der Waals surface area contributed by atoms with Crippen molar-refractivity contribution in [3.63, 3.8) is 0 Å². The van der Waals surface area contributed by atoms with Gasteiger partial charge in [0, 0.05) is 45.9 Å². The summed E-state index contributed by atoms with van der Waals surface area (Å²) < 4.78 is 20.4. The van der Waals surface area contributed by atoms with Crippen LogP contribution in [-0.2, 0) is 33.3 Å². The Morgan fingerprint density at radius 2 is 1.04 bits per heavy atom. The minimum atomic E-state index is -0.865. The Morgan fingerprint density at radius 3 is 1.46 bits per heavy atom. The van der Waals surface area contributed by atoms with Crippen LogP contribution in [0.3, 0.4) is 0 Å². The molecule has 0 aliphatic carbocycles. The Hall–Kier alpha value is -5.09. The monoisotopic (exact) mass is 650 g/mol. The van der Waals surface area contributed by atoms with E-state index in [9.17, 15) is 49.6 Å². The van der Waals surface area contributed by atoms with Gasteiger partial charge in [0.05, 0.1) is 13.2 Å². The topological polar surface area (TPSA) is 230 Å². The van der Waals surface area contributed by atoms with Crippen LogP contribution in [0.2, 0.25) is 0 Å². The first kappa shape index (κ1) is 37.1. The summed E-state index contributed by atoms with van der Waals surface area (Å²) in [6.07, 6.45) is 0.0659. The van der Waals surface area contributed by atoms with Gasteiger partial charge in [0.15, 0.2) is 23.0 Å². The standard InChI is InChI=1S/C30H38N2O14/c1-31(42)24(35)12-13-32(14-18-43-25(36)10-4-16-45-29(40)20-6-2-8-22(33)27(20)38)15-19-44-26(37)11-5-17-46-30(41)21-7-3-9-23(34)28(21)39/h2-3,6-9,33-34,38-39,42H,4-5,10-19H2,1H3. The van der Waals surface area contributed by atoms with E-state index in [1.807, 2.05) is 0 Å². The Labute approximate surface area is 264 Å². The Kier molecular flexibility index (Phi) is 15.6. The van der Waals surface area contributed by atoms with E-state index in [1.54, 1.807) is 4.90 Å². The Balaban J connectivity index is 1.68. The highest BCUT2D eigenvalue weighted by Gasteiger charge is 2.17. The summed E-state index contributed by atoms with van der Waals surface area (Å²) >= 11 is 0. The molecule has 2 rings (SSSR count). The smallest absolute Gasteiger partial charge is 0.342 e. The quantitative estimate of drug-likeness (QED) is 0.0364. The number of aromatic hydroxyl groups is 4. The first-order valence-corrected chi connectivity index (χ1v) is 14.3. The van der Waals surface area contributed by atoms with Crippen LogP contribution in [0.25, 0.3) is 0 Å². The van der Waals surface area contributed by atoms with Gasteiger partial charge in [0.2, 0.25) is 5.91 Å². The molecule has 0 aliphatic heterocycles. The van der Waals surface area contributed by atoms with Crippen molar-refractivity contribution >= 4 is 29.8 Å². The summed E-state index contributed by atoms with van der Waals surface area (Å²) in [5.74, 6) is -5.58. The molecule has 46 heavy (non-hydrogen) atoms. The van der Waals surface area contributed by atoms with E-state index >= 15 is 0 Å². The molecule has 5 N–H and O–H groups in total. The number of amides is 1. The van der Waals surface area contributed by atoms with Crippen molar-refractivity contribution in [2.75, 3.05) is 53.1 Å². The van der Waals surface area contributed by atoms with Gasteiger partial charge in [-0.3, -0.25) is 24.5 Å². The third-order valence-electron chi connectivity index (χ3n) is 6.33. The molecular weight excluding hydrogens is 612 g/mol. The van der Waals surface area contributed by atoms with Crippen molar-refractivity contribution in [1.29, 1.82) is 0 Å². The van der Waals surface area contributed by atoms with Crippen LogP contribution in [-0.4, -0.2) is 118 Å². The zero-order valence-electron chi connectivity index (χ0n) is 25.3. The number of phenolic OH excluding ortho intramolecular Hbond substituents is 4. The molecule has 1 amide bonds. The molecule has 0 fully saturated rings. The molecule has 0 aromatic heterocycles. The molecule has 2 aromatic rings. The maximum Gasteiger partial charge on any atom is 0.342 e. The van der Waals surface area contributed by atoms with Crippen LogP contribution in [0.15, 0.2) is 36.4 Å². The van der Waals surface area contributed by atoms with Gasteiger partial charge in [-0.15, -0.1) is 0 Å². The number of esters is 4. The van der Waals surface area contributed by atoms with E-state index < -0.39 is 52.8 Å². The van der Waals surface area contributed by atoms with Gasteiger partial charge in [-0.1, -0.05) is 12.1 Å². The van der Waals surface area contributed by atoms with Crippen molar-refractivity contribution in [2.45, 2.75) is 32.1 Å². The van der Waals surface area contributed by atoms with Crippen molar-refractivity contribution < 1.29 is 68.6 Å². The number of phenols is 4. The van der Waals surface area contributed by atoms with Crippen molar-refractivity contribution in [1.82, 2.24) is 9.96 Å². The van der Waals surface area contributed by atoms with Crippen molar-refractivity contribution in [3.8, 4) is 23.0 Å². The first-order valence-electron chi connectivity index (χ1n) is 14.3. The predicted molar refractivity (Wildman–Crippen MR) is 156 cm³/mol. The van der Waals surface area contributed by atoms with Gasteiger partial charge in [-0.25, -0.2) is 14.7 Å². The van der Waals surface area contributed by atoms with Gasteiger partial charge in [-0.05, 0) is 37.1 Å². The molecule has 0 saturated heterocycles. The third kappa shape index (κ3) is 12.9. The average Bonchev–Trinajstić information content (AvgIpc) is 3.02. The number of benzene rings is 2. The Bertz CT molecular complexity index is 1260. The molecule has 252 valence electrons. The number of hydroxylamine groups is 2. The second-order valence-corrected chi connectivity index (χ2v) is 9.78. The fraction of sp³-hybridized carbons (Fsp3) is 0.433. The third-order valence-corrected chi connectivity index (χ3v) is 6.33. The molecule has 0 aliphatic rings. The molecular formula is C30H38N2O14. The molecule has 0 unspecified atom stereocenters. The van der Waals surface area contributed by atoms with Gasteiger partial charge >= 0.3 is 23.9 Å². The molecule has 16 nitrogen and oxygen atoms in total. The second-order valence-electron chi connectivity index (χ2n) is 9.78. The van der Waals surface area contributed by atoms with Crippen LogP contribution < -0.4 is 0 Å². The van der Waals surface area contributed by atoms with Gasteiger partial charge < -0.3 is 39.4 Å². The lowest BCUT2D eigenvalue weighted by molar-refractivity contribution is -0.160. The van der Waals surface area contributed by atoms with E-state index in [0.29, 0.717) is 5.06 Å². The predicted octanol–water partition coefficient (Wildman–Crippen LogP) is 1.71. The Morgan fingerprint density at radius 1 is 0.609 bits per heavy atom. The highest BCUT2D eigenvalue weighted by atomic mass is 16.5. The van der Waals surface area contributed by atoms with Gasteiger partial charge in [-0.2, -0.15) is 0 Å². The lowest BCUT2D eigenvalue weighted by Crippen LogP contribution is -2.35. The molecule has 2 aromatic carbocycles. The van der Waals surface area contributed by atoms with Gasteiger partial charge in [0.25, 0.3) is 0 Å². The second kappa shape index (κ2) is 19.3. The van der Waals surface area contributed by atoms with E-state index in [-0.39, 0.29) is 89.3 Å². The van der Waals surface area contributed by atoms with E-state index in [2.05, 4.69) is 0 Å². The molecule has 0 atom stereocenters. The van der Waals surface area contributed by atoms with Crippen molar-refractivity contribution in [2.24, 2.45) is 0 Å². The SMILES string of the molecule is CN(O)C(=O)CCN(CCOC(=O)CCCOC(=O)c1cccc(O)c1O)CCOC(=O)CCCOC(=O)c1cccc(O)c1O. The van der Waals surface area contributed by atoms with Crippen LogP contribution in [0.4, 0.5) is 0 Å². The van der Waals surface area contributed by atoms with E-state index in [1.165, 1.54) is 43.4 Å². The summed E-state index contributed by atoms with van der Waals surface area (Å²) in [5, 5.41) is 48.1. The number of hydrogen-bond donors (Lipinski definition) is 5. The number of hydrogen-bond acceptors (Lipinski definition) is 15. The number of rotatable bonds is 19. The lowest BCUT2D eigenvalue weighted by Gasteiger charge is -2.22. The minimum absolute atomic E-state index is 0.0604. The summed E-state index contributed by atoms with van der Waals surface area (Å²) in [7, 11) is 1.18. The number of nitrogens with zero attached hydrogens (tertiary/aromatic N) is 2. The van der Waals surface area contributed by atoms with E-state index in [0.717, 1.165) is 0 Å². The molecule has 16 heteroatoms.